The average molecular weight is 600 g/mol. The fourth-order valence-corrected chi connectivity index (χ4v) is 4.68. The summed E-state index contributed by atoms with van der Waals surface area (Å²) in [5, 5.41) is 35.7. The number of carboxylic acid groups (broad SMARTS) is 1. The van der Waals surface area contributed by atoms with Gasteiger partial charge in [0.15, 0.2) is 17.3 Å². The first kappa shape index (κ1) is 35.3. The summed E-state index contributed by atoms with van der Waals surface area (Å²) >= 11 is 0. The molecule has 2 atom stereocenters. The van der Waals surface area contributed by atoms with Crippen molar-refractivity contribution < 1.29 is 72.4 Å². The third kappa shape index (κ3) is 8.57. The molecular formula is C29H33F3N3NaO6. The quantitative estimate of drug-likeness (QED) is 0.263. The van der Waals surface area contributed by atoms with Gasteiger partial charge in [-0.25, -0.2) is 17.9 Å². The van der Waals surface area contributed by atoms with Crippen LogP contribution in [0.5, 0.6) is 5.75 Å². The molecule has 0 aliphatic heterocycles. The van der Waals surface area contributed by atoms with Gasteiger partial charge in [-0.1, -0.05) is 13.8 Å². The Bertz CT molecular complexity index is 1380. The molecular weight excluding hydrogens is 566 g/mol. The first-order chi connectivity index (χ1) is 19.3. The fraction of sp³-hybridized carbons (Fsp3) is 0.414. The summed E-state index contributed by atoms with van der Waals surface area (Å²) < 4.78 is 48.9. The van der Waals surface area contributed by atoms with Gasteiger partial charge in [0.05, 0.1) is 37.1 Å². The summed E-state index contributed by atoms with van der Waals surface area (Å²) in [5.74, 6) is -4.93. The molecule has 13 heteroatoms. The van der Waals surface area contributed by atoms with Crippen molar-refractivity contribution in [1.29, 1.82) is 0 Å². The molecule has 0 aliphatic rings. The molecule has 222 valence electrons. The number of hydrogen-bond acceptors (Lipinski definition) is 7. The number of carbonyl (C=O) groups is 2. The molecule has 1 aromatic heterocycles. The van der Waals surface area contributed by atoms with Crippen molar-refractivity contribution in [3.05, 3.63) is 76.4 Å². The van der Waals surface area contributed by atoms with Gasteiger partial charge in [0.25, 0.3) is 5.91 Å². The smallest absolute Gasteiger partial charge is 0.550 e. The van der Waals surface area contributed by atoms with E-state index in [4.69, 9.17) is 4.74 Å². The number of halogens is 3. The molecule has 0 radical (unpaired) electrons. The van der Waals surface area contributed by atoms with Gasteiger partial charge in [-0.05, 0) is 61.6 Å². The van der Waals surface area contributed by atoms with E-state index in [0.717, 1.165) is 6.07 Å². The van der Waals surface area contributed by atoms with Crippen LogP contribution >= 0.6 is 0 Å². The van der Waals surface area contributed by atoms with E-state index in [0.29, 0.717) is 16.9 Å². The number of aliphatic hydroxyl groups is 2. The number of aliphatic carboxylic acids is 1. The molecule has 0 aliphatic carbocycles. The standard InChI is InChI=1S/C29H34F3N3O6.Na/c1-16(2)26-23(11-9-19(36)13-20(37)14-25(38)39)35(18-7-5-17(30)6-8-18)33-28(26)29(40)34(3)15-21-24(41-4)12-10-22(31)27(21)32;/h5-8,10,12,16,19-20,36-37H,9,11,13-15H2,1-4H3,(H,38,39);/q;+1/p-1/t19-,20-;/m1./s1. The first-order valence-electron chi connectivity index (χ1n) is 13.0. The van der Waals surface area contributed by atoms with Crippen LogP contribution in [0.25, 0.3) is 5.69 Å². The normalized spacial score (nSPS) is 12.5. The maximum Gasteiger partial charge on any atom is 1.00 e. The van der Waals surface area contributed by atoms with Crippen LogP contribution in [0.4, 0.5) is 13.2 Å². The van der Waals surface area contributed by atoms with Crippen molar-refractivity contribution >= 4 is 11.9 Å². The number of aliphatic hydroxyl groups excluding tert-OH is 2. The zero-order chi connectivity index (χ0) is 30.4. The van der Waals surface area contributed by atoms with E-state index in [2.05, 4.69) is 5.10 Å². The average Bonchev–Trinajstić information content (AvgIpc) is 3.29. The van der Waals surface area contributed by atoms with E-state index in [9.17, 15) is 38.1 Å². The van der Waals surface area contributed by atoms with E-state index in [1.54, 1.807) is 0 Å². The van der Waals surface area contributed by atoms with Gasteiger partial charge in [-0.3, -0.25) is 4.79 Å². The Morgan fingerprint density at radius 3 is 2.29 bits per heavy atom. The second kappa shape index (κ2) is 15.5. The molecule has 3 rings (SSSR count). The number of hydrogen-bond donors (Lipinski definition) is 2. The maximum atomic E-state index is 14.6. The molecule has 2 N–H and O–H groups in total. The van der Waals surface area contributed by atoms with Gasteiger partial charge in [-0.2, -0.15) is 5.10 Å². The zero-order valence-electron chi connectivity index (χ0n) is 24.2. The third-order valence-electron chi connectivity index (χ3n) is 6.65. The van der Waals surface area contributed by atoms with Crippen molar-refractivity contribution in [2.24, 2.45) is 0 Å². The van der Waals surface area contributed by atoms with Gasteiger partial charge >= 0.3 is 29.6 Å². The van der Waals surface area contributed by atoms with Gasteiger partial charge in [0.2, 0.25) is 0 Å². The topological polar surface area (TPSA) is 128 Å². The van der Waals surface area contributed by atoms with Crippen LogP contribution in [0, 0.1) is 17.5 Å². The van der Waals surface area contributed by atoms with E-state index < -0.39 is 48.0 Å². The number of nitrogens with zero attached hydrogens (tertiary/aromatic N) is 3. The molecule has 0 bridgehead atoms. The van der Waals surface area contributed by atoms with Crippen LogP contribution in [-0.2, 0) is 17.8 Å². The molecule has 3 aromatic rings. The monoisotopic (exact) mass is 599 g/mol. The Labute approximate surface area is 264 Å². The summed E-state index contributed by atoms with van der Waals surface area (Å²) in [6, 6.07) is 7.60. The summed E-state index contributed by atoms with van der Waals surface area (Å²) in [4.78, 5) is 25.6. The minimum absolute atomic E-state index is 0. The van der Waals surface area contributed by atoms with Crippen LogP contribution in [-0.4, -0.2) is 63.1 Å². The number of amides is 1. The molecule has 1 amide bonds. The molecule has 2 aromatic carbocycles. The van der Waals surface area contributed by atoms with Crippen molar-refractivity contribution in [3.8, 4) is 11.4 Å². The number of rotatable bonds is 13. The number of aromatic nitrogens is 2. The van der Waals surface area contributed by atoms with Gasteiger partial charge in [0, 0.05) is 30.7 Å². The van der Waals surface area contributed by atoms with E-state index in [1.807, 2.05) is 13.8 Å². The Balaban J connectivity index is 0.00000616. The van der Waals surface area contributed by atoms with Gasteiger partial charge in [-0.15, -0.1) is 0 Å². The summed E-state index contributed by atoms with van der Waals surface area (Å²) in [7, 11) is 2.72. The molecule has 0 spiro atoms. The minimum Gasteiger partial charge on any atom is -0.550 e. The number of methoxy groups -OCH3 is 1. The van der Waals surface area contributed by atoms with E-state index >= 15 is 0 Å². The van der Waals surface area contributed by atoms with Gasteiger partial charge < -0.3 is 29.8 Å². The van der Waals surface area contributed by atoms with Crippen LogP contribution in [0.1, 0.15) is 66.3 Å². The zero-order valence-corrected chi connectivity index (χ0v) is 26.2. The van der Waals surface area contributed by atoms with E-state index in [-0.39, 0.29) is 78.3 Å². The van der Waals surface area contributed by atoms with Crippen LogP contribution < -0.4 is 39.4 Å². The molecule has 0 saturated heterocycles. The summed E-state index contributed by atoms with van der Waals surface area (Å²) in [6.45, 7) is 3.35. The Morgan fingerprint density at radius 2 is 1.71 bits per heavy atom. The fourth-order valence-electron chi connectivity index (χ4n) is 4.68. The van der Waals surface area contributed by atoms with Crippen molar-refractivity contribution in [3.63, 3.8) is 0 Å². The Morgan fingerprint density at radius 1 is 1.07 bits per heavy atom. The number of benzene rings is 2. The largest absolute Gasteiger partial charge is 1.00 e. The second-order valence-electron chi connectivity index (χ2n) is 10.1. The number of carboxylic acids is 1. The minimum atomic E-state index is -1.44. The summed E-state index contributed by atoms with van der Waals surface area (Å²) in [6.07, 6.45) is -2.94. The van der Waals surface area contributed by atoms with Crippen LogP contribution in [0.15, 0.2) is 36.4 Å². The van der Waals surface area contributed by atoms with Crippen molar-refractivity contribution in [2.45, 2.75) is 64.2 Å². The predicted molar refractivity (Wildman–Crippen MR) is 141 cm³/mol. The second-order valence-corrected chi connectivity index (χ2v) is 10.1. The third-order valence-corrected chi connectivity index (χ3v) is 6.65. The summed E-state index contributed by atoms with van der Waals surface area (Å²) in [5.41, 5.74) is 1.39. The van der Waals surface area contributed by atoms with Gasteiger partial charge in [0.1, 0.15) is 11.6 Å². The Kier molecular flexibility index (Phi) is 13.1. The van der Waals surface area contributed by atoms with E-state index in [1.165, 1.54) is 54.1 Å². The molecule has 0 saturated carbocycles. The molecule has 9 nitrogen and oxygen atoms in total. The molecule has 0 fully saturated rings. The number of carbonyl (C=O) groups excluding carboxylic acids is 2. The SMILES string of the molecule is COc1ccc(F)c(F)c1CN(C)C(=O)c1nn(-c2ccc(F)cc2)c(CC[C@@H](O)C[C@@H](O)CC(=O)[O-])c1C(C)C.[Na+]. The molecule has 42 heavy (non-hydrogen) atoms. The van der Waals surface area contributed by atoms with Crippen molar-refractivity contribution in [1.82, 2.24) is 14.7 Å². The maximum absolute atomic E-state index is 14.6. The van der Waals surface area contributed by atoms with Crippen LogP contribution in [0.2, 0.25) is 0 Å². The molecule has 0 unspecified atom stereocenters. The first-order valence-corrected chi connectivity index (χ1v) is 13.0. The van der Waals surface area contributed by atoms with Crippen LogP contribution in [0.3, 0.4) is 0 Å². The Hall–Kier alpha value is -2.90. The predicted octanol–water partition coefficient (Wildman–Crippen LogP) is -0.118. The number of ether oxygens (including phenoxy) is 1. The van der Waals surface area contributed by atoms with Crippen molar-refractivity contribution in [2.75, 3.05) is 14.2 Å². The molecule has 1 heterocycles.